The molecule has 0 rings (SSSR count). The number of carboxylic acid groups (broad SMARTS) is 1. The standard InChI is InChI=1S/C9H18N2O3/c1-4-5-7(9(13)14)10-8(12)6-11(2)3/h7H,4-6H2,1-3H3,(H,10,12)(H,13,14). The lowest BCUT2D eigenvalue weighted by molar-refractivity contribution is -0.142. The van der Waals surface area contributed by atoms with Gasteiger partial charge in [0.15, 0.2) is 0 Å². The molecule has 5 heteroatoms. The van der Waals surface area contributed by atoms with E-state index in [0.29, 0.717) is 6.42 Å². The van der Waals surface area contributed by atoms with Crippen LogP contribution in [0.4, 0.5) is 0 Å². The minimum Gasteiger partial charge on any atom is -0.480 e. The molecule has 2 N–H and O–H groups in total. The van der Waals surface area contributed by atoms with Crippen molar-refractivity contribution in [1.82, 2.24) is 10.2 Å². The fourth-order valence-corrected chi connectivity index (χ4v) is 1.07. The topological polar surface area (TPSA) is 69.6 Å². The minimum atomic E-state index is -0.973. The Labute approximate surface area is 84.1 Å². The Hall–Kier alpha value is -1.10. The molecule has 0 aliphatic rings. The Morgan fingerprint density at radius 2 is 2.00 bits per heavy atom. The molecule has 0 heterocycles. The van der Waals surface area contributed by atoms with Crippen LogP contribution in [0.25, 0.3) is 0 Å². The Balaban J connectivity index is 4.02. The lowest BCUT2D eigenvalue weighted by Crippen LogP contribution is -2.44. The first-order chi connectivity index (χ1) is 6.47. The van der Waals surface area contributed by atoms with Gasteiger partial charge in [-0.3, -0.25) is 4.79 Å². The molecule has 0 saturated carbocycles. The van der Waals surface area contributed by atoms with E-state index in [1.54, 1.807) is 19.0 Å². The molecular formula is C9H18N2O3. The maximum atomic E-state index is 11.2. The van der Waals surface area contributed by atoms with Crippen LogP contribution in [0.5, 0.6) is 0 Å². The Bertz CT molecular complexity index is 204. The number of nitrogens with one attached hydrogen (secondary N) is 1. The summed E-state index contributed by atoms with van der Waals surface area (Å²) in [4.78, 5) is 23.6. The minimum absolute atomic E-state index is 0.216. The predicted molar refractivity (Wildman–Crippen MR) is 53.0 cm³/mol. The Kier molecular flexibility index (Phi) is 5.87. The molecule has 14 heavy (non-hydrogen) atoms. The van der Waals surface area contributed by atoms with Gasteiger partial charge in [0.25, 0.3) is 0 Å². The molecule has 0 spiro atoms. The molecule has 1 atom stereocenters. The summed E-state index contributed by atoms with van der Waals surface area (Å²) in [5.41, 5.74) is 0. The number of likely N-dealkylation sites (N-methyl/N-ethyl adjacent to an activating group) is 1. The van der Waals surface area contributed by atoms with Crippen molar-refractivity contribution in [2.45, 2.75) is 25.8 Å². The van der Waals surface area contributed by atoms with Gasteiger partial charge in [-0.25, -0.2) is 4.79 Å². The van der Waals surface area contributed by atoms with Crippen LogP contribution in [0.15, 0.2) is 0 Å². The molecule has 0 fully saturated rings. The predicted octanol–water partition coefficient (Wildman–Crippen LogP) is -0.0825. The number of hydrogen-bond acceptors (Lipinski definition) is 3. The van der Waals surface area contributed by atoms with Gasteiger partial charge in [0.05, 0.1) is 6.54 Å². The van der Waals surface area contributed by atoms with E-state index in [4.69, 9.17) is 5.11 Å². The van der Waals surface area contributed by atoms with Crippen LogP contribution in [0.3, 0.4) is 0 Å². The third-order valence-electron chi connectivity index (χ3n) is 1.67. The second-order valence-corrected chi connectivity index (χ2v) is 3.48. The van der Waals surface area contributed by atoms with Gasteiger partial charge in [-0.1, -0.05) is 13.3 Å². The molecule has 0 aliphatic heterocycles. The van der Waals surface area contributed by atoms with Crippen LogP contribution >= 0.6 is 0 Å². The van der Waals surface area contributed by atoms with Crippen LogP contribution in [0.1, 0.15) is 19.8 Å². The zero-order valence-corrected chi connectivity index (χ0v) is 8.91. The molecule has 5 nitrogen and oxygen atoms in total. The van der Waals surface area contributed by atoms with Crippen LogP contribution in [-0.2, 0) is 9.59 Å². The normalized spacial score (nSPS) is 12.6. The highest BCUT2D eigenvalue weighted by atomic mass is 16.4. The summed E-state index contributed by atoms with van der Waals surface area (Å²) in [6.07, 6.45) is 1.20. The van der Waals surface area contributed by atoms with E-state index < -0.39 is 12.0 Å². The zero-order chi connectivity index (χ0) is 11.1. The van der Waals surface area contributed by atoms with Gasteiger partial charge in [0.2, 0.25) is 5.91 Å². The van der Waals surface area contributed by atoms with Crippen LogP contribution in [0.2, 0.25) is 0 Å². The lowest BCUT2D eigenvalue weighted by atomic mass is 10.1. The number of carbonyl (C=O) groups excluding carboxylic acids is 1. The van der Waals surface area contributed by atoms with Crippen molar-refractivity contribution in [2.75, 3.05) is 20.6 Å². The van der Waals surface area contributed by atoms with Crippen LogP contribution < -0.4 is 5.32 Å². The summed E-state index contributed by atoms with van der Waals surface area (Å²) < 4.78 is 0. The number of amides is 1. The fourth-order valence-electron chi connectivity index (χ4n) is 1.07. The maximum absolute atomic E-state index is 11.2. The van der Waals surface area contributed by atoms with Gasteiger partial charge >= 0.3 is 5.97 Å². The van der Waals surface area contributed by atoms with Gasteiger partial charge in [-0.15, -0.1) is 0 Å². The fraction of sp³-hybridized carbons (Fsp3) is 0.778. The van der Waals surface area contributed by atoms with E-state index in [0.717, 1.165) is 6.42 Å². The summed E-state index contributed by atoms with van der Waals surface area (Å²) in [6, 6.07) is -0.757. The van der Waals surface area contributed by atoms with Gasteiger partial charge in [-0.05, 0) is 20.5 Å². The van der Waals surface area contributed by atoms with Crippen molar-refractivity contribution < 1.29 is 14.7 Å². The second-order valence-electron chi connectivity index (χ2n) is 3.48. The molecule has 0 radical (unpaired) electrons. The van der Waals surface area contributed by atoms with E-state index in [9.17, 15) is 9.59 Å². The monoisotopic (exact) mass is 202 g/mol. The van der Waals surface area contributed by atoms with Gasteiger partial charge in [-0.2, -0.15) is 0 Å². The van der Waals surface area contributed by atoms with E-state index in [2.05, 4.69) is 5.32 Å². The molecule has 0 aromatic heterocycles. The number of hydrogen-bond donors (Lipinski definition) is 2. The Morgan fingerprint density at radius 3 is 2.36 bits per heavy atom. The summed E-state index contributed by atoms with van der Waals surface area (Å²) >= 11 is 0. The lowest BCUT2D eigenvalue weighted by Gasteiger charge is -2.15. The zero-order valence-electron chi connectivity index (χ0n) is 8.91. The summed E-state index contributed by atoms with van der Waals surface area (Å²) in [7, 11) is 3.52. The number of carboxylic acids is 1. The largest absolute Gasteiger partial charge is 0.480 e. The smallest absolute Gasteiger partial charge is 0.326 e. The van der Waals surface area contributed by atoms with Crippen LogP contribution in [0, 0.1) is 0 Å². The van der Waals surface area contributed by atoms with Crippen molar-refractivity contribution in [1.29, 1.82) is 0 Å². The highest BCUT2D eigenvalue weighted by Gasteiger charge is 2.18. The molecule has 1 unspecified atom stereocenters. The molecule has 0 aliphatic carbocycles. The van der Waals surface area contributed by atoms with E-state index >= 15 is 0 Å². The van der Waals surface area contributed by atoms with Gasteiger partial charge in [0.1, 0.15) is 6.04 Å². The molecule has 0 saturated heterocycles. The van der Waals surface area contributed by atoms with E-state index in [1.165, 1.54) is 0 Å². The van der Waals surface area contributed by atoms with E-state index in [-0.39, 0.29) is 12.5 Å². The molecule has 1 amide bonds. The maximum Gasteiger partial charge on any atom is 0.326 e. The third-order valence-corrected chi connectivity index (χ3v) is 1.67. The Morgan fingerprint density at radius 1 is 1.43 bits per heavy atom. The number of aliphatic carboxylic acids is 1. The molecule has 82 valence electrons. The highest BCUT2D eigenvalue weighted by Crippen LogP contribution is 1.96. The van der Waals surface area contributed by atoms with Crippen molar-refractivity contribution in [3.8, 4) is 0 Å². The van der Waals surface area contributed by atoms with Gasteiger partial charge in [0, 0.05) is 0 Å². The molecule has 0 aromatic carbocycles. The quantitative estimate of drug-likeness (QED) is 0.632. The first-order valence-corrected chi connectivity index (χ1v) is 4.64. The first kappa shape index (κ1) is 12.9. The summed E-state index contributed by atoms with van der Waals surface area (Å²) in [6.45, 7) is 2.10. The first-order valence-electron chi connectivity index (χ1n) is 4.64. The molecule has 0 aromatic rings. The number of rotatable bonds is 6. The average molecular weight is 202 g/mol. The third kappa shape index (κ3) is 5.53. The van der Waals surface area contributed by atoms with E-state index in [1.807, 2.05) is 6.92 Å². The SMILES string of the molecule is CCCC(NC(=O)CN(C)C)C(=O)O. The van der Waals surface area contributed by atoms with Crippen molar-refractivity contribution in [3.63, 3.8) is 0 Å². The van der Waals surface area contributed by atoms with Crippen molar-refractivity contribution in [3.05, 3.63) is 0 Å². The second kappa shape index (κ2) is 6.37. The highest BCUT2D eigenvalue weighted by molar-refractivity contribution is 5.84. The van der Waals surface area contributed by atoms with Crippen LogP contribution in [-0.4, -0.2) is 48.6 Å². The number of nitrogens with zero attached hydrogens (tertiary/aromatic N) is 1. The average Bonchev–Trinajstić information content (AvgIpc) is 2.01. The summed E-state index contributed by atoms with van der Waals surface area (Å²) in [5.74, 6) is -1.23. The number of carbonyl (C=O) groups is 2. The van der Waals surface area contributed by atoms with Crippen molar-refractivity contribution in [2.24, 2.45) is 0 Å². The van der Waals surface area contributed by atoms with Gasteiger partial charge < -0.3 is 15.3 Å². The van der Waals surface area contributed by atoms with Crippen molar-refractivity contribution >= 4 is 11.9 Å². The summed E-state index contributed by atoms with van der Waals surface area (Å²) in [5, 5.41) is 11.2. The molecule has 0 bridgehead atoms. The molecular weight excluding hydrogens is 184 g/mol.